The molecule has 0 fully saturated rings. The number of esters is 1. The van der Waals surface area contributed by atoms with Crippen molar-refractivity contribution in [1.82, 2.24) is 9.78 Å². The van der Waals surface area contributed by atoms with Gasteiger partial charge < -0.3 is 9.47 Å². The van der Waals surface area contributed by atoms with Crippen molar-refractivity contribution in [3.05, 3.63) is 46.7 Å². The lowest BCUT2D eigenvalue weighted by atomic mass is 10.2. The molecule has 0 saturated heterocycles. The maximum absolute atomic E-state index is 11.6. The molecule has 1 heterocycles. The average Bonchev–Trinajstić information content (AvgIpc) is 2.88. The summed E-state index contributed by atoms with van der Waals surface area (Å²) in [5.41, 5.74) is 1.31. The number of methoxy groups -OCH3 is 1. The predicted octanol–water partition coefficient (Wildman–Crippen LogP) is 2.77. The SMILES string of the molecule is CCOC(=O)c1cnn(Cc2cc(Cl)ccc2OC)c1. The number of nitrogens with zero attached hydrogens (tertiary/aromatic N) is 2. The molecule has 0 spiro atoms. The molecule has 0 aliphatic rings. The first-order valence-electron chi connectivity index (χ1n) is 6.16. The molecule has 1 aromatic carbocycles. The lowest BCUT2D eigenvalue weighted by Gasteiger charge is -2.08. The smallest absolute Gasteiger partial charge is 0.341 e. The van der Waals surface area contributed by atoms with Crippen LogP contribution in [0.15, 0.2) is 30.6 Å². The quantitative estimate of drug-likeness (QED) is 0.796. The van der Waals surface area contributed by atoms with E-state index in [1.807, 2.05) is 6.07 Å². The highest BCUT2D eigenvalue weighted by Gasteiger charge is 2.11. The molecule has 20 heavy (non-hydrogen) atoms. The van der Waals surface area contributed by atoms with Gasteiger partial charge in [0, 0.05) is 16.8 Å². The fourth-order valence-corrected chi connectivity index (χ4v) is 2.01. The van der Waals surface area contributed by atoms with Crippen molar-refractivity contribution in [3.63, 3.8) is 0 Å². The summed E-state index contributed by atoms with van der Waals surface area (Å²) < 4.78 is 11.8. The second-order valence-corrected chi connectivity index (χ2v) is 4.54. The number of carbonyl (C=O) groups is 1. The summed E-state index contributed by atoms with van der Waals surface area (Å²) in [5.74, 6) is 0.347. The van der Waals surface area contributed by atoms with Gasteiger partial charge in [-0.1, -0.05) is 11.6 Å². The number of aromatic nitrogens is 2. The van der Waals surface area contributed by atoms with E-state index in [4.69, 9.17) is 21.1 Å². The van der Waals surface area contributed by atoms with Gasteiger partial charge in [0.05, 0.1) is 32.0 Å². The minimum absolute atomic E-state index is 0.339. The number of rotatable bonds is 5. The van der Waals surface area contributed by atoms with Gasteiger partial charge in [0.2, 0.25) is 0 Å². The van der Waals surface area contributed by atoms with Crippen LogP contribution in [0.2, 0.25) is 5.02 Å². The standard InChI is InChI=1S/C14H15ClN2O3/c1-3-20-14(18)11-7-16-17(9-11)8-10-6-12(15)4-5-13(10)19-2/h4-7,9H,3,8H2,1-2H3. The highest BCUT2D eigenvalue weighted by atomic mass is 35.5. The average molecular weight is 295 g/mol. The van der Waals surface area contributed by atoms with E-state index in [-0.39, 0.29) is 5.97 Å². The van der Waals surface area contributed by atoms with Gasteiger partial charge in [-0.15, -0.1) is 0 Å². The third-order valence-corrected chi connectivity index (χ3v) is 2.95. The highest BCUT2D eigenvalue weighted by molar-refractivity contribution is 6.30. The van der Waals surface area contributed by atoms with Crippen molar-refractivity contribution >= 4 is 17.6 Å². The molecule has 6 heteroatoms. The maximum Gasteiger partial charge on any atom is 0.341 e. The van der Waals surface area contributed by atoms with E-state index in [1.165, 1.54) is 6.20 Å². The maximum atomic E-state index is 11.6. The zero-order chi connectivity index (χ0) is 14.5. The van der Waals surface area contributed by atoms with Crippen LogP contribution in [-0.4, -0.2) is 29.5 Å². The Morgan fingerprint density at radius 2 is 2.25 bits per heavy atom. The number of halogens is 1. The molecule has 0 bridgehead atoms. The number of ether oxygens (including phenoxy) is 2. The number of hydrogen-bond donors (Lipinski definition) is 0. The van der Waals surface area contributed by atoms with Crippen LogP contribution in [0, 0.1) is 0 Å². The summed E-state index contributed by atoms with van der Waals surface area (Å²) in [7, 11) is 1.60. The first kappa shape index (κ1) is 14.4. The first-order valence-corrected chi connectivity index (χ1v) is 6.53. The Labute approximate surface area is 122 Å². The molecule has 5 nitrogen and oxygen atoms in total. The van der Waals surface area contributed by atoms with Gasteiger partial charge in [-0.25, -0.2) is 4.79 Å². The molecule has 0 saturated carbocycles. The summed E-state index contributed by atoms with van der Waals surface area (Å²) >= 11 is 5.98. The van der Waals surface area contributed by atoms with E-state index < -0.39 is 0 Å². The summed E-state index contributed by atoms with van der Waals surface area (Å²) in [6.45, 7) is 2.56. The third-order valence-electron chi connectivity index (χ3n) is 2.72. The molecular weight excluding hydrogens is 280 g/mol. The zero-order valence-corrected chi connectivity index (χ0v) is 12.1. The van der Waals surface area contributed by atoms with Crippen LogP contribution >= 0.6 is 11.6 Å². The van der Waals surface area contributed by atoms with E-state index in [9.17, 15) is 4.79 Å². The van der Waals surface area contributed by atoms with Crippen LogP contribution in [0.25, 0.3) is 0 Å². The second-order valence-electron chi connectivity index (χ2n) is 4.10. The molecule has 106 valence electrons. The van der Waals surface area contributed by atoms with Gasteiger partial charge in [-0.3, -0.25) is 4.68 Å². The molecular formula is C14H15ClN2O3. The van der Waals surface area contributed by atoms with Crippen molar-refractivity contribution in [2.45, 2.75) is 13.5 Å². The number of benzene rings is 1. The van der Waals surface area contributed by atoms with Crippen LogP contribution in [0.1, 0.15) is 22.8 Å². The minimum atomic E-state index is -0.378. The Morgan fingerprint density at radius 3 is 2.95 bits per heavy atom. The lowest BCUT2D eigenvalue weighted by Crippen LogP contribution is -2.04. The van der Waals surface area contributed by atoms with Gasteiger partial charge in [-0.2, -0.15) is 5.10 Å². The van der Waals surface area contributed by atoms with Crippen molar-refractivity contribution < 1.29 is 14.3 Å². The zero-order valence-electron chi connectivity index (χ0n) is 11.3. The van der Waals surface area contributed by atoms with Gasteiger partial charge in [0.25, 0.3) is 0 Å². The van der Waals surface area contributed by atoms with Crippen molar-refractivity contribution in [2.24, 2.45) is 0 Å². The molecule has 0 aliphatic heterocycles. The molecule has 0 aliphatic carbocycles. The molecule has 1 aromatic heterocycles. The Morgan fingerprint density at radius 1 is 1.45 bits per heavy atom. The van der Waals surface area contributed by atoms with Crippen molar-refractivity contribution in [3.8, 4) is 5.75 Å². The Balaban J connectivity index is 2.18. The largest absolute Gasteiger partial charge is 0.496 e. The summed E-state index contributed by atoms with van der Waals surface area (Å²) in [5, 5.41) is 4.76. The van der Waals surface area contributed by atoms with Gasteiger partial charge in [0.15, 0.2) is 0 Å². The fraction of sp³-hybridized carbons (Fsp3) is 0.286. The fourth-order valence-electron chi connectivity index (χ4n) is 1.82. The number of hydrogen-bond acceptors (Lipinski definition) is 4. The van der Waals surface area contributed by atoms with Gasteiger partial charge in [0.1, 0.15) is 5.75 Å². The molecule has 0 radical (unpaired) electrons. The summed E-state index contributed by atoms with van der Waals surface area (Å²) in [6.07, 6.45) is 3.12. The Bertz CT molecular complexity index is 610. The van der Waals surface area contributed by atoms with E-state index in [2.05, 4.69) is 5.10 Å². The molecule has 2 aromatic rings. The molecule has 0 amide bonds. The topological polar surface area (TPSA) is 53.3 Å². The number of carbonyl (C=O) groups excluding carboxylic acids is 1. The molecule has 2 rings (SSSR count). The molecule has 0 N–H and O–H groups in total. The highest BCUT2D eigenvalue weighted by Crippen LogP contribution is 2.23. The Kier molecular flexibility index (Phi) is 4.63. The Hall–Kier alpha value is -2.01. The van der Waals surface area contributed by atoms with E-state index in [0.717, 1.165) is 11.3 Å². The summed E-state index contributed by atoms with van der Waals surface area (Å²) in [6, 6.07) is 5.37. The normalized spacial score (nSPS) is 10.3. The van der Waals surface area contributed by atoms with Crippen molar-refractivity contribution in [2.75, 3.05) is 13.7 Å². The second kappa shape index (κ2) is 6.43. The van der Waals surface area contributed by atoms with Gasteiger partial charge in [-0.05, 0) is 25.1 Å². The van der Waals surface area contributed by atoms with Crippen LogP contribution in [0.3, 0.4) is 0 Å². The van der Waals surface area contributed by atoms with Gasteiger partial charge >= 0.3 is 5.97 Å². The van der Waals surface area contributed by atoms with Crippen LogP contribution in [0.4, 0.5) is 0 Å². The molecule has 0 unspecified atom stereocenters. The van der Waals surface area contributed by atoms with E-state index in [0.29, 0.717) is 23.7 Å². The molecule has 0 atom stereocenters. The van der Waals surface area contributed by atoms with Crippen LogP contribution in [-0.2, 0) is 11.3 Å². The monoisotopic (exact) mass is 294 g/mol. The minimum Gasteiger partial charge on any atom is -0.496 e. The summed E-state index contributed by atoms with van der Waals surface area (Å²) in [4.78, 5) is 11.6. The predicted molar refractivity (Wildman–Crippen MR) is 75.3 cm³/mol. The van der Waals surface area contributed by atoms with Crippen LogP contribution < -0.4 is 4.74 Å². The first-order chi connectivity index (χ1) is 9.63. The van der Waals surface area contributed by atoms with E-state index in [1.54, 1.807) is 37.0 Å². The van der Waals surface area contributed by atoms with Crippen molar-refractivity contribution in [1.29, 1.82) is 0 Å². The lowest BCUT2D eigenvalue weighted by molar-refractivity contribution is 0.0526. The third kappa shape index (κ3) is 3.30. The van der Waals surface area contributed by atoms with E-state index >= 15 is 0 Å². The van der Waals surface area contributed by atoms with Crippen LogP contribution in [0.5, 0.6) is 5.75 Å².